The molecule has 0 atom stereocenters. The monoisotopic (exact) mass is 323 g/mol. The molecule has 1 amide bonds. The second kappa shape index (κ2) is 5.54. The van der Waals surface area contributed by atoms with Crippen LogP contribution in [-0.4, -0.2) is 39.8 Å². The minimum atomic E-state index is -0.153. The van der Waals surface area contributed by atoms with Crippen LogP contribution in [0, 0.1) is 0 Å². The van der Waals surface area contributed by atoms with Gasteiger partial charge < -0.3 is 10.0 Å². The van der Waals surface area contributed by atoms with Crippen molar-refractivity contribution in [3.63, 3.8) is 0 Å². The lowest BCUT2D eigenvalue weighted by Gasteiger charge is -2.09. The molecule has 0 saturated heterocycles. The largest absolute Gasteiger partial charge is 0.392 e. The highest BCUT2D eigenvalue weighted by Crippen LogP contribution is 2.20. The zero-order chi connectivity index (χ0) is 14.0. The first kappa shape index (κ1) is 13.8. The average molecular weight is 324 g/mol. The molecule has 0 bridgehead atoms. The number of aromatic nitrogens is 2. The number of aliphatic hydroxyl groups excluding tert-OH is 1. The van der Waals surface area contributed by atoms with Gasteiger partial charge in [0.25, 0.3) is 5.91 Å². The van der Waals surface area contributed by atoms with Gasteiger partial charge in [-0.05, 0) is 18.2 Å². The maximum Gasteiger partial charge on any atom is 0.273 e. The number of halogens is 1. The van der Waals surface area contributed by atoms with E-state index in [4.69, 9.17) is 0 Å². The van der Waals surface area contributed by atoms with Crippen molar-refractivity contribution in [2.75, 3.05) is 14.1 Å². The van der Waals surface area contributed by atoms with Crippen LogP contribution in [0.1, 0.15) is 16.1 Å². The van der Waals surface area contributed by atoms with Crippen molar-refractivity contribution < 1.29 is 9.90 Å². The molecule has 0 aliphatic rings. The van der Waals surface area contributed by atoms with Crippen LogP contribution in [0.2, 0.25) is 0 Å². The third-order valence-corrected chi connectivity index (χ3v) is 3.17. The molecule has 5 nitrogen and oxygen atoms in total. The van der Waals surface area contributed by atoms with Gasteiger partial charge in [0.2, 0.25) is 0 Å². The van der Waals surface area contributed by atoms with Gasteiger partial charge in [0.1, 0.15) is 0 Å². The molecule has 19 heavy (non-hydrogen) atoms. The number of rotatable bonds is 3. The summed E-state index contributed by atoms with van der Waals surface area (Å²) in [5.74, 6) is -0.153. The Bertz CT molecular complexity index is 608. The van der Waals surface area contributed by atoms with Crippen LogP contribution in [0.4, 0.5) is 0 Å². The highest BCUT2D eigenvalue weighted by Gasteiger charge is 2.13. The molecule has 0 aliphatic carbocycles. The van der Waals surface area contributed by atoms with Crippen molar-refractivity contribution in [3.05, 3.63) is 46.2 Å². The minimum Gasteiger partial charge on any atom is -0.392 e. The van der Waals surface area contributed by atoms with Crippen LogP contribution in [0.15, 0.2) is 34.9 Å². The van der Waals surface area contributed by atoms with Gasteiger partial charge in [-0.3, -0.25) is 4.79 Å². The van der Waals surface area contributed by atoms with E-state index in [-0.39, 0.29) is 12.5 Å². The molecule has 1 aromatic heterocycles. The molecule has 0 spiro atoms. The van der Waals surface area contributed by atoms with Crippen molar-refractivity contribution in [1.29, 1.82) is 0 Å². The van der Waals surface area contributed by atoms with Crippen LogP contribution >= 0.6 is 15.9 Å². The van der Waals surface area contributed by atoms with Gasteiger partial charge in [0.05, 0.1) is 12.3 Å². The second-order valence-electron chi connectivity index (χ2n) is 4.28. The number of nitrogens with zero attached hydrogens (tertiary/aromatic N) is 3. The molecule has 1 N–H and O–H groups in total. The lowest BCUT2D eigenvalue weighted by molar-refractivity contribution is 0.0821. The lowest BCUT2D eigenvalue weighted by Crippen LogP contribution is -2.22. The summed E-state index contributed by atoms with van der Waals surface area (Å²) < 4.78 is 2.48. The Morgan fingerprint density at radius 1 is 1.42 bits per heavy atom. The average Bonchev–Trinajstić information content (AvgIpc) is 2.87. The van der Waals surface area contributed by atoms with Gasteiger partial charge in [-0.1, -0.05) is 22.0 Å². The highest BCUT2D eigenvalue weighted by atomic mass is 79.9. The first-order valence-corrected chi connectivity index (χ1v) is 6.49. The van der Waals surface area contributed by atoms with E-state index in [1.54, 1.807) is 31.0 Å². The lowest BCUT2D eigenvalue weighted by atomic mass is 10.2. The Kier molecular flexibility index (Phi) is 4.01. The second-order valence-corrected chi connectivity index (χ2v) is 5.19. The van der Waals surface area contributed by atoms with Gasteiger partial charge in [0.15, 0.2) is 5.69 Å². The van der Waals surface area contributed by atoms with Crippen LogP contribution in [0.5, 0.6) is 0 Å². The highest BCUT2D eigenvalue weighted by molar-refractivity contribution is 9.10. The van der Waals surface area contributed by atoms with Gasteiger partial charge in [0, 0.05) is 30.3 Å². The van der Waals surface area contributed by atoms with Crippen molar-refractivity contribution in [2.45, 2.75) is 6.61 Å². The molecule has 6 heteroatoms. The normalized spacial score (nSPS) is 10.5. The number of carbonyl (C=O) groups is 1. The predicted octanol–water partition coefficient (Wildman–Crippen LogP) is 1.83. The number of amides is 1. The first-order valence-electron chi connectivity index (χ1n) is 5.70. The van der Waals surface area contributed by atoms with Crippen LogP contribution in [0.3, 0.4) is 0 Å². The van der Waals surface area contributed by atoms with E-state index in [0.717, 1.165) is 15.7 Å². The summed E-state index contributed by atoms with van der Waals surface area (Å²) in [5, 5.41) is 13.6. The van der Waals surface area contributed by atoms with E-state index in [1.807, 2.05) is 18.2 Å². The zero-order valence-electron chi connectivity index (χ0n) is 10.7. The Morgan fingerprint density at radius 2 is 2.16 bits per heavy atom. The summed E-state index contributed by atoms with van der Waals surface area (Å²) in [6.45, 7) is -0.0839. The summed E-state index contributed by atoms with van der Waals surface area (Å²) in [7, 11) is 3.36. The van der Waals surface area contributed by atoms with E-state index in [9.17, 15) is 9.90 Å². The number of hydrogen-bond donors (Lipinski definition) is 1. The number of aliphatic hydroxyl groups is 1. The molecule has 100 valence electrons. The molecule has 0 radical (unpaired) electrons. The zero-order valence-corrected chi connectivity index (χ0v) is 12.3. The Labute approximate surface area is 119 Å². The maximum atomic E-state index is 11.8. The van der Waals surface area contributed by atoms with E-state index in [0.29, 0.717) is 5.69 Å². The fourth-order valence-corrected chi connectivity index (χ4v) is 2.03. The quantitative estimate of drug-likeness (QED) is 0.937. The minimum absolute atomic E-state index is 0.0839. The Morgan fingerprint density at radius 3 is 2.79 bits per heavy atom. The molecule has 0 aliphatic heterocycles. The molecule has 1 heterocycles. The fraction of sp³-hybridized carbons (Fsp3) is 0.231. The van der Waals surface area contributed by atoms with E-state index < -0.39 is 0 Å². The van der Waals surface area contributed by atoms with E-state index in [2.05, 4.69) is 21.0 Å². The van der Waals surface area contributed by atoms with Crippen molar-refractivity contribution >= 4 is 21.8 Å². The molecular weight excluding hydrogens is 310 g/mol. The summed E-state index contributed by atoms with van der Waals surface area (Å²) >= 11 is 3.38. The molecule has 2 rings (SSSR count). The van der Waals surface area contributed by atoms with Crippen molar-refractivity contribution in [3.8, 4) is 5.69 Å². The van der Waals surface area contributed by atoms with Gasteiger partial charge in [-0.15, -0.1) is 0 Å². The van der Waals surface area contributed by atoms with E-state index in [1.165, 1.54) is 4.90 Å². The summed E-state index contributed by atoms with van der Waals surface area (Å²) in [6.07, 6.45) is 1.71. The van der Waals surface area contributed by atoms with Crippen LogP contribution in [-0.2, 0) is 6.61 Å². The van der Waals surface area contributed by atoms with E-state index >= 15 is 0 Å². The fourth-order valence-electron chi connectivity index (χ4n) is 1.69. The molecule has 0 fully saturated rings. The SMILES string of the molecule is CN(C)C(=O)c1ccn(-c2cc(Br)ccc2CO)n1. The molecule has 2 aromatic rings. The standard InChI is InChI=1S/C13H14BrN3O2/c1-16(2)13(19)11-5-6-17(15-11)12-7-10(14)4-3-9(12)8-18/h3-7,18H,8H2,1-2H3. The first-order chi connectivity index (χ1) is 9.02. The topological polar surface area (TPSA) is 58.4 Å². The van der Waals surface area contributed by atoms with Crippen LogP contribution in [0.25, 0.3) is 5.69 Å². The molecule has 0 unspecified atom stereocenters. The third kappa shape index (κ3) is 2.85. The number of hydrogen-bond acceptors (Lipinski definition) is 3. The number of carbonyl (C=O) groups excluding carboxylic acids is 1. The summed E-state index contributed by atoms with van der Waals surface area (Å²) in [4.78, 5) is 13.3. The van der Waals surface area contributed by atoms with Gasteiger partial charge >= 0.3 is 0 Å². The van der Waals surface area contributed by atoms with Gasteiger partial charge in [-0.25, -0.2) is 4.68 Å². The van der Waals surface area contributed by atoms with Gasteiger partial charge in [-0.2, -0.15) is 5.10 Å². The summed E-state index contributed by atoms with van der Waals surface area (Å²) in [6, 6.07) is 7.17. The van der Waals surface area contributed by atoms with Crippen molar-refractivity contribution in [2.24, 2.45) is 0 Å². The predicted molar refractivity (Wildman–Crippen MR) is 75.2 cm³/mol. The molecule has 1 aromatic carbocycles. The summed E-state index contributed by atoms with van der Waals surface area (Å²) in [5.41, 5.74) is 1.86. The molecular formula is C13H14BrN3O2. The Hall–Kier alpha value is -1.66. The van der Waals surface area contributed by atoms with Crippen LogP contribution < -0.4 is 0 Å². The molecule has 0 saturated carbocycles. The number of benzene rings is 1. The van der Waals surface area contributed by atoms with Crippen molar-refractivity contribution in [1.82, 2.24) is 14.7 Å². The third-order valence-electron chi connectivity index (χ3n) is 2.68. The smallest absolute Gasteiger partial charge is 0.273 e. The Balaban J connectivity index is 2.43. The maximum absolute atomic E-state index is 11.8.